The molecule has 1 amide bonds. The Hall–Kier alpha value is -3.54. The van der Waals surface area contributed by atoms with Gasteiger partial charge >= 0.3 is 6.61 Å². The molecule has 1 aromatic carbocycles. The van der Waals surface area contributed by atoms with Gasteiger partial charge in [0.1, 0.15) is 35.1 Å². The van der Waals surface area contributed by atoms with Crippen molar-refractivity contribution in [1.29, 1.82) is 0 Å². The van der Waals surface area contributed by atoms with Gasteiger partial charge in [0, 0.05) is 36.8 Å². The molecule has 0 spiro atoms. The number of methoxy groups -OCH3 is 1. The van der Waals surface area contributed by atoms with Gasteiger partial charge in [0.25, 0.3) is 11.8 Å². The van der Waals surface area contributed by atoms with Crippen molar-refractivity contribution in [2.45, 2.75) is 44.3 Å². The summed E-state index contributed by atoms with van der Waals surface area (Å²) >= 11 is 0. The number of alkyl halides is 4. The molecule has 0 bridgehead atoms. The lowest BCUT2D eigenvalue weighted by Gasteiger charge is -2.32. The van der Waals surface area contributed by atoms with Crippen molar-refractivity contribution in [3.63, 3.8) is 0 Å². The molecule has 1 saturated carbocycles. The first-order valence-electron chi connectivity index (χ1n) is 12.4. The van der Waals surface area contributed by atoms with Gasteiger partial charge in [-0.05, 0) is 44.0 Å². The molecule has 1 aliphatic carbocycles. The average molecular weight is 537 g/mol. The number of piperidine rings is 1. The molecule has 3 aromatic rings. The third-order valence-electron chi connectivity index (χ3n) is 6.57. The summed E-state index contributed by atoms with van der Waals surface area (Å²) in [7, 11) is 1.35. The van der Waals surface area contributed by atoms with Gasteiger partial charge in [-0.15, -0.1) is 0 Å². The molecule has 1 N–H and O–H groups in total. The monoisotopic (exact) mass is 536 g/mol. The lowest BCUT2D eigenvalue weighted by molar-refractivity contribution is -0.0656. The van der Waals surface area contributed by atoms with E-state index in [9.17, 15) is 22.4 Å². The molecule has 2 aromatic heterocycles. The number of fused-ring (bicyclic) bond motifs is 1. The second-order valence-corrected chi connectivity index (χ2v) is 9.50. The Morgan fingerprint density at radius 1 is 1.24 bits per heavy atom. The van der Waals surface area contributed by atoms with Crippen LogP contribution in [0.3, 0.4) is 0 Å². The number of rotatable bonds is 10. The molecular weight excluding hydrogens is 508 g/mol. The van der Waals surface area contributed by atoms with Crippen molar-refractivity contribution in [2.24, 2.45) is 0 Å². The van der Waals surface area contributed by atoms with Crippen LogP contribution in [0.5, 0.6) is 17.2 Å². The maximum atomic E-state index is 13.6. The second kappa shape index (κ2) is 10.7. The van der Waals surface area contributed by atoms with E-state index in [2.05, 4.69) is 10.3 Å². The highest BCUT2D eigenvalue weighted by molar-refractivity contribution is 6.01. The van der Waals surface area contributed by atoms with Crippen molar-refractivity contribution in [3.8, 4) is 28.5 Å². The molecule has 2 fully saturated rings. The van der Waals surface area contributed by atoms with Crippen molar-refractivity contribution < 1.29 is 36.6 Å². The summed E-state index contributed by atoms with van der Waals surface area (Å²) in [6, 6.07) is 6.34. The molecule has 0 atom stereocenters. The zero-order valence-electron chi connectivity index (χ0n) is 20.8. The van der Waals surface area contributed by atoms with E-state index in [0.29, 0.717) is 42.2 Å². The highest BCUT2D eigenvalue weighted by Gasteiger charge is 2.35. The number of amides is 1. The first kappa shape index (κ1) is 26.1. The number of pyridine rings is 1. The van der Waals surface area contributed by atoms with Gasteiger partial charge < -0.3 is 19.5 Å². The molecule has 3 heterocycles. The Labute approximate surface area is 216 Å². The first-order valence-corrected chi connectivity index (χ1v) is 12.4. The van der Waals surface area contributed by atoms with Crippen LogP contribution < -0.4 is 19.5 Å². The van der Waals surface area contributed by atoms with Crippen LogP contribution in [-0.2, 0) is 0 Å². The Morgan fingerprint density at radius 3 is 2.74 bits per heavy atom. The highest BCUT2D eigenvalue weighted by Crippen LogP contribution is 2.37. The number of hydrogen-bond donors (Lipinski definition) is 1. The van der Waals surface area contributed by atoms with E-state index in [0.717, 1.165) is 12.8 Å². The van der Waals surface area contributed by atoms with Crippen LogP contribution in [0, 0.1) is 0 Å². The summed E-state index contributed by atoms with van der Waals surface area (Å²) < 4.78 is 71.3. The molecule has 1 saturated heterocycles. The van der Waals surface area contributed by atoms with E-state index in [4.69, 9.17) is 14.2 Å². The van der Waals surface area contributed by atoms with Crippen LogP contribution in [0.15, 0.2) is 36.7 Å². The van der Waals surface area contributed by atoms with E-state index in [-0.39, 0.29) is 42.7 Å². The van der Waals surface area contributed by atoms with Crippen molar-refractivity contribution in [2.75, 3.05) is 33.4 Å². The summed E-state index contributed by atoms with van der Waals surface area (Å²) in [4.78, 5) is 18.8. The van der Waals surface area contributed by atoms with Crippen LogP contribution in [-0.4, -0.2) is 72.1 Å². The number of aromatic nitrogens is 2. The van der Waals surface area contributed by atoms with Gasteiger partial charge in [-0.1, -0.05) is 0 Å². The van der Waals surface area contributed by atoms with Crippen LogP contribution in [0.2, 0.25) is 0 Å². The minimum atomic E-state index is -3.14. The fourth-order valence-electron chi connectivity index (χ4n) is 4.59. The number of benzene rings is 1. The SMILES string of the molecule is COc1cc(-c2cnc3cc(OCCN4CCCC(F)(F)C4)ccn23)cc(OC(F)F)c1C(=O)NC1CC1. The van der Waals surface area contributed by atoms with Crippen molar-refractivity contribution in [1.82, 2.24) is 19.6 Å². The molecule has 204 valence electrons. The highest BCUT2D eigenvalue weighted by atomic mass is 19.3. The molecule has 2 aliphatic rings. The minimum absolute atomic E-state index is 0.0160. The lowest BCUT2D eigenvalue weighted by atomic mass is 10.1. The zero-order valence-corrected chi connectivity index (χ0v) is 20.8. The van der Waals surface area contributed by atoms with Gasteiger partial charge in [-0.2, -0.15) is 8.78 Å². The Balaban J connectivity index is 1.36. The minimum Gasteiger partial charge on any atom is -0.496 e. The summed E-state index contributed by atoms with van der Waals surface area (Å²) in [6.07, 6.45) is 5.30. The summed E-state index contributed by atoms with van der Waals surface area (Å²) in [5.41, 5.74) is 1.42. The maximum Gasteiger partial charge on any atom is 0.387 e. The zero-order chi connectivity index (χ0) is 26.9. The molecule has 38 heavy (non-hydrogen) atoms. The van der Waals surface area contributed by atoms with E-state index < -0.39 is 18.4 Å². The third-order valence-corrected chi connectivity index (χ3v) is 6.57. The summed E-state index contributed by atoms with van der Waals surface area (Å²) in [5.74, 6) is -2.89. The fourth-order valence-corrected chi connectivity index (χ4v) is 4.59. The topological polar surface area (TPSA) is 77.3 Å². The van der Waals surface area contributed by atoms with E-state index in [1.165, 1.54) is 13.2 Å². The second-order valence-electron chi connectivity index (χ2n) is 9.50. The van der Waals surface area contributed by atoms with Gasteiger partial charge in [-0.25, -0.2) is 13.8 Å². The first-order chi connectivity index (χ1) is 18.2. The predicted octanol–water partition coefficient (Wildman–Crippen LogP) is 4.61. The number of nitrogens with one attached hydrogen (secondary N) is 1. The number of nitrogens with zero attached hydrogens (tertiary/aromatic N) is 3. The Kier molecular flexibility index (Phi) is 7.33. The van der Waals surface area contributed by atoms with Crippen molar-refractivity contribution in [3.05, 3.63) is 42.2 Å². The Morgan fingerprint density at radius 2 is 2.03 bits per heavy atom. The molecule has 5 rings (SSSR count). The van der Waals surface area contributed by atoms with Gasteiger partial charge in [-0.3, -0.25) is 14.1 Å². The normalized spacial score (nSPS) is 17.5. The van der Waals surface area contributed by atoms with E-state index in [1.807, 2.05) is 0 Å². The number of hydrogen-bond acceptors (Lipinski definition) is 6. The number of imidazole rings is 1. The standard InChI is InChI=1S/C26H28F4N4O4/c1-36-20-11-16(12-21(38-25(27)28)23(20)24(35)32-17-3-4-17)19-14-31-22-13-18(5-8-34(19)22)37-10-9-33-7-2-6-26(29,30)15-33/h5,8,11-14,17,25H,2-4,6-7,9-10,15H2,1H3,(H,32,35). The number of carbonyl (C=O) groups is 1. The number of likely N-dealkylation sites (tertiary alicyclic amines) is 1. The lowest BCUT2D eigenvalue weighted by Crippen LogP contribution is -2.44. The average Bonchev–Trinajstić information content (AvgIpc) is 3.57. The summed E-state index contributed by atoms with van der Waals surface area (Å²) in [6.45, 7) is -2.16. The smallest absolute Gasteiger partial charge is 0.387 e. The molecule has 0 unspecified atom stereocenters. The van der Waals surface area contributed by atoms with Crippen molar-refractivity contribution >= 4 is 11.6 Å². The van der Waals surface area contributed by atoms with Crippen LogP contribution >= 0.6 is 0 Å². The quantitative estimate of drug-likeness (QED) is 0.382. The van der Waals surface area contributed by atoms with Gasteiger partial charge in [0.05, 0.1) is 25.5 Å². The molecule has 8 nitrogen and oxygen atoms in total. The van der Waals surface area contributed by atoms with Gasteiger partial charge in [0.2, 0.25) is 0 Å². The number of carbonyl (C=O) groups excluding carboxylic acids is 1. The van der Waals surface area contributed by atoms with Gasteiger partial charge in [0.15, 0.2) is 0 Å². The van der Waals surface area contributed by atoms with Crippen LogP contribution in [0.1, 0.15) is 36.0 Å². The number of ether oxygens (including phenoxy) is 3. The Bertz CT molecular complexity index is 1310. The summed E-state index contributed by atoms with van der Waals surface area (Å²) in [5, 5.41) is 2.77. The van der Waals surface area contributed by atoms with Crippen LogP contribution in [0.4, 0.5) is 17.6 Å². The molecule has 12 heteroatoms. The molecule has 0 radical (unpaired) electrons. The van der Waals surface area contributed by atoms with Crippen LogP contribution in [0.25, 0.3) is 16.9 Å². The fraction of sp³-hybridized carbons (Fsp3) is 0.462. The number of halogens is 4. The predicted molar refractivity (Wildman–Crippen MR) is 130 cm³/mol. The largest absolute Gasteiger partial charge is 0.496 e. The van der Waals surface area contributed by atoms with E-state index >= 15 is 0 Å². The molecule has 1 aliphatic heterocycles. The van der Waals surface area contributed by atoms with E-state index in [1.54, 1.807) is 39.9 Å². The molecular formula is C26H28F4N4O4. The maximum absolute atomic E-state index is 13.6. The third kappa shape index (κ3) is 5.95.